The van der Waals surface area contributed by atoms with E-state index in [0.29, 0.717) is 39.3 Å². The van der Waals surface area contributed by atoms with Gasteiger partial charge in [-0.1, -0.05) is 0 Å². The predicted octanol–water partition coefficient (Wildman–Crippen LogP) is -1.30. The first kappa shape index (κ1) is 20.8. The summed E-state index contributed by atoms with van der Waals surface area (Å²) in [5, 5.41) is 18.1. The van der Waals surface area contributed by atoms with Crippen LogP contribution in [0.25, 0.3) is 0 Å². The number of carbonyl (C=O) groups is 2. The van der Waals surface area contributed by atoms with Crippen molar-refractivity contribution < 1.29 is 29.3 Å². The summed E-state index contributed by atoms with van der Waals surface area (Å²) in [6, 6.07) is 0. The second-order valence-electron chi connectivity index (χ2n) is 4.78. The highest BCUT2D eigenvalue weighted by Gasteiger charge is 2.12. The molecule has 22 heavy (non-hydrogen) atoms. The van der Waals surface area contributed by atoms with Crippen molar-refractivity contribution in [3.8, 4) is 0 Å². The molecule has 0 atom stereocenters. The van der Waals surface area contributed by atoms with Crippen LogP contribution in [0.4, 0.5) is 0 Å². The number of carbonyl (C=O) groups excluding carboxylic acids is 2. The largest absolute Gasteiger partial charge is 0.469 e. The molecule has 0 amide bonds. The number of hydrogen-bond donors (Lipinski definition) is 2. The van der Waals surface area contributed by atoms with Crippen molar-refractivity contribution >= 4 is 11.9 Å². The molecule has 0 fully saturated rings. The minimum absolute atomic E-state index is 0.00331. The van der Waals surface area contributed by atoms with E-state index in [0.717, 1.165) is 0 Å². The number of aliphatic hydroxyl groups is 2. The van der Waals surface area contributed by atoms with E-state index < -0.39 is 0 Å². The van der Waals surface area contributed by atoms with E-state index in [-0.39, 0.29) is 38.0 Å². The maximum Gasteiger partial charge on any atom is 0.306 e. The molecule has 0 aliphatic rings. The van der Waals surface area contributed by atoms with Crippen LogP contribution in [0, 0.1) is 0 Å². The molecule has 0 rings (SSSR count). The smallest absolute Gasteiger partial charge is 0.306 e. The molecule has 8 nitrogen and oxygen atoms in total. The second-order valence-corrected chi connectivity index (χ2v) is 4.78. The monoisotopic (exact) mass is 320 g/mol. The summed E-state index contributed by atoms with van der Waals surface area (Å²) < 4.78 is 9.19. The molecule has 0 spiro atoms. The first-order chi connectivity index (χ1) is 10.6. The second kappa shape index (κ2) is 13.4. The lowest BCUT2D eigenvalue weighted by Crippen LogP contribution is -2.39. The standard InChI is InChI=1S/C14H28N2O6/c1-21-13(19)3-5-15(9-11-17)7-8-16(10-12-18)6-4-14(20)22-2/h17-18H,3-12H2,1-2H3. The van der Waals surface area contributed by atoms with Crippen molar-refractivity contribution in [2.45, 2.75) is 12.8 Å². The summed E-state index contributed by atoms with van der Waals surface area (Å²) in [5.41, 5.74) is 0. The van der Waals surface area contributed by atoms with Crippen molar-refractivity contribution in [1.82, 2.24) is 9.80 Å². The Morgan fingerprint density at radius 3 is 1.36 bits per heavy atom. The van der Waals surface area contributed by atoms with E-state index in [1.54, 1.807) is 0 Å². The first-order valence-electron chi connectivity index (χ1n) is 7.37. The molecule has 0 aromatic rings. The molecule has 0 aliphatic heterocycles. The first-order valence-corrected chi connectivity index (χ1v) is 7.37. The fourth-order valence-electron chi connectivity index (χ4n) is 1.94. The molecule has 0 heterocycles. The topological polar surface area (TPSA) is 99.5 Å². The van der Waals surface area contributed by atoms with Crippen LogP contribution in [-0.4, -0.2) is 98.7 Å². The van der Waals surface area contributed by atoms with Gasteiger partial charge in [-0.05, 0) is 0 Å². The Labute approximate surface area is 131 Å². The third-order valence-electron chi connectivity index (χ3n) is 3.28. The van der Waals surface area contributed by atoms with Crippen molar-refractivity contribution in [3.63, 3.8) is 0 Å². The Balaban J connectivity index is 4.23. The van der Waals surface area contributed by atoms with E-state index in [2.05, 4.69) is 9.47 Å². The third-order valence-corrected chi connectivity index (χ3v) is 3.28. The predicted molar refractivity (Wildman–Crippen MR) is 80.3 cm³/mol. The minimum atomic E-state index is -0.291. The van der Waals surface area contributed by atoms with Crippen LogP contribution in [-0.2, 0) is 19.1 Å². The fraction of sp³-hybridized carbons (Fsp3) is 0.857. The maximum absolute atomic E-state index is 11.2. The van der Waals surface area contributed by atoms with E-state index in [1.807, 2.05) is 9.80 Å². The zero-order valence-electron chi connectivity index (χ0n) is 13.5. The van der Waals surface area contributed by atoms with Gasteiger partial charge in [0.1, 0.15) is 0 Å². The van der Waals surface area contributed by atoms with Crippen LogP contribution in [0.15, 0.2) is 0 Å². The molecule has 0 aromatic carbocycles. The van der Waals surface area contributed by atoms with E-state index in [9.17, 15) is 9.59 Å². The number of aliphatic hydroxyl groups excluding tert-OH is 2. The van der Waals surface area contributed by atoms with Crippen molar-refractivity contribution in [1.29, 1.82) is 0 Å². The molecule has 0 aliphatic carbocycles. The Hall–Kier alpha value is -1.22. The molecular formula is C14H28N2O6. The summed E-state index contributed by atoms with van der Waals surface area (Å²) in [7, 11) is 2.68. The molecule has 130 valence electrons. The average Bonchev–Trinajstić information content (AvgIpc) is 2.53. The highest BCUT2D eigenvalue weighted by molar-refractivity contribution is 5.69. The Kier molecular flexibility index (Phi) is 12.7. The zero-order chi connectivity index (χ0) is 16.8. The van der Waals surface area contributed by atoms with Crippen LogP contribution in [0.2, 0.25) is 0 Å². The maximum atomic E-state index is 11.2. The SMILES string of the molecule is COC(=O)CCN(CCO)CCN(CCO)CCC(=O)OC. The van der Waals surface area contributed by atoms with Gasteiger partial charge in [0.15, 0.2) is 0 Å². The normalized spacial score (nSPS) is 11.0. The van der Waals surface area contributed by atoms with E-state index in [4.69, 9.17) is 10.2 Å². The van der Waals surface area contributed by atoms with Crippen molar-refractivity contribution in [2.75, 3.05) is 66.7 Å². The molecule has 2 N–H and O–H groups in total. The Morgan fingerprint density at radius 1 is 0.727 bits per heavy atom. The van der Waals surface area contributed by atoms with Crippen LogP contribution >= 0.6 is 0 Å². The van der Waals surface area contributed by atoms with Crippen LogP contribution < -0.4 is 0 Å². The molecular weight excluding hydrogens is 292 g/mol. The number of rotatable bonds is 13. The highest BCUT2D eigenvalue weighted by atomic mass is 16.5. The number of esters is 2. The number of ether oxygens (including phenoxy) is 2. The lowest BCUT2D eigenvalue weighted by Gasteiger charge is -2.26. The highest BCUT2D eigenvalue weighted by Crippen LogP contribution is 1.98. The molecule has 8 heteroatoms. The van der Waals surface area contributed by atoms with Gasteiger partial charge in [-0.2, -0.15) is 0 Å². The van der Waals surface area contributed by atoms with Gasteiger partial charge in [-0.3, -0.25) is 19.4 Å². The van der Waals surface area contributed by atoms with Gasteiger partial charge in [-0.15, -0.1) is 0 Å². The van der Waals surface area contributed by atoms with Gasteiger partial charge >= 0.3 is 11.9 Å². The molecule has 0 saturated heterocycles. The quantitative estimate of drug-likeness (QED) is 0.404. The Morgan fingerprint density at radius 2 is 1.09 bits per heavy atom. The van der Waals surface area contributed by atoms with E-state index >= 15 is 0 Å². The molecule has 0 saturated carbocycles. The van der Waals surface area contributed by atoms with Gasteiger partial charge < -0.3 is 19.7 Å². The Bertz CT molecular complexity index is 284. The van der Waals surface area contributed by atoms with Gasteiger partial charge in [0.2, 0.25) is 0 Å². The minimum Gasteiger partial charge on any atom is -0.469 e. The average molecular weight is 320 g/mol. The zero-order valence-corrected chi connectivity index (χ0v) is 13.5. The molecule has 0 unspecified atom stereocenters. The molecule has 0 bridgehead atoms. The van der Waals surface area contributed by atoms with Gasteiger partial charge in [0.25, 0.3) is 0 Å². The van der Waals surface area contributed by atoms with Gasteiger partial charge in [-0.25, -0.2) is 0 Å². The van der Waals surface area contributed by atoms with Gasteiger partial charge in [0.05, 0.1) is 40.3 Å². The van der Waals surface area contributed by atoms with Gasteiger partial charge in [0, 0.05) is 39.3 Å². The van der Waals surface area contributed by atoms with E-state index in [1.165, 1.54) is 14.2 Å². The summed E-state index contributed by atoms with van der Waals surface area (Å²) in [5.74, 6) is -0.582. The van der Waals surface area contributed by atoms with Crippen molar-refractivity contribution in [3.05, 3.63) is 0 Å². The number of methoxy groups -OCH3 is 2. The van der Waals surface area contributed by atoms with Crippen molar-refractivity contribution in [2.24, 2.45) is 0 Å². The summed E-state index contributed by atoms with van der Waals surface area (Å²) in [6.45, 7) is 3.17. The number of nitrogens with zero attached hydrogens (tertiary/aromatic N) is 2. The molecule has 0 radical (unpaired) electrons. The third kappa shape index (κ3) is 10.5. The van der Waals surface area contributed by atoms with Crippen LogP contribution in [0.3, 0.4) is 0 Å². The molecule has 0 aromatic heterocycles. The van der Waals surface area contributed by atoms with Crippen LogP contribution in [0.1, 0.15) is 12.8 Å². The summed E-state index contributed by atoms with van der Waals surface area (Å²) in [6.07, 6.45) is 0.525. The summed E-state index contributed by atoms with van der Waals surface area (Å²) >= 11 is 0. The van der Waals surface area contributed by atoms with Crippen LogP contribution in [0.5, 0.6) is 0 Å². The fourth-order valence-corrected chi connectivity index (χ4v) is 1.94. The lowest BCUT2D eigenvalue weighted by molar-refractivity contribution is -0.142. The number of hydrogen-bond acceptors (Lipinski definition) is 8. The lowest BCUT2D eigenvalue weighted by atomic mass is 10.3. The summed E-state index contributed by atoms with van der Waals surface area (Å²) in [4.78, 5) is 26.2.